The van der Waals surface area contributed by atoms with Gasteiger partial charge in [0.05, 0.1) is 22.5 Å². The van der Waals surface area contributed by atoms with E-state index < -0.39 is 45.4 Å². The molecule has 2 aromatic rings. The van der Waals surface area contributed by atoms with Crippen molar-refractivity contribution < 1.29 is 45.8 Å². The molecule has 0 aliphatic carbocycles. The number of hydrogen-bond acceptors (Lipinski definition) is 6. The largest absolute Gasteiger partial charge is 0.486 e. The van der Waals surface area contributed by atoms with Crippen molar-refractivity contribution in [1.29, 1.82) is 0 Å². The number of carbonyl (C=O) groups excluding carboxylic acids is 1. The first-order valence-corrected chi connectivity index (χ1v) is 13.0. The van der Waals surface area contributed by atoms with Crippen molar-refractivity contribution in [3.05, 3.63) is 48.0 Å². The van der Waals surface area contributed by atoms with Gasteiger partial charge in [0.25, 0.3) is 10.0 Å². The molecule has 9 nitrogen and oxygen atoms in total. The van der Waals surface area contributed by atoms with E-state index >= 15 is 0 Å². The van der Waals surface area contributed by atoms with Gasteiger partial charge in [-0.2, -0.15) is 13.2 Å². The van der Waals surface area contributed by atoms with Gasteiger partial charge in [-0.05, 0) is 65.0 Å². The van der Waals surface area contributed by atoms with Gasteiger partial charge in [-0.1, -0.05) is 17.7 Å². The van der Waals surface area contributed by atoms with Gasteiger partial charge in [0.1, 0.15) is 11.9 Å². The number of amides is 1. The Morgan fingerprint density at radius 1 is 1.11 bits per heavy atom. The van der Waals surface area contributed by atoms with Crippen LogP contribution in [-0.2, 0) is 19.6 Å². The normalized spacial score (nSPS) is 16.3. The first kappa shape index (κ1) is 29.1. The van der Waals surface area contributed by atoms with Gasteiger partial charge in [-0.15, -0.1) is 0 Å². The first-order chi connectivity index (χ1) is 17.3. The smallest absolute Gasteiger partial charge is 0.427 e. The van der Waals surface area contributed by atoms with Crippen LogP contribution in [0.4, 0.5) is 29.3 Å². The quantitative estimate of drug-likeness (QED) is 0.470. The molecule has 0 fully saturated rings. The minimum absolute atomic E-state index is 0.0133. The highest BCUT2D eigenvalue weighted by Crippen LogP contribution is 2.41. The van der Waals surface area contributed by atoms with E-state index in [0.29, 0.717) is 13.8 Å². The average molecular weight is 559 g/mol. The summed E-state index contributed by atoms with van der Waals surface area (Å²) >= 11 is 0. The van der Waals surface area contributed by atoms with Crippen molar-refractivity contribution in [1.82, 2.24) is 0 Å². The van der Waals surface area contributed by atoms with Crippen LogP contribution >= 0.6 is 0 Å². The van der Waals surface area contributed by atoms with Gasteiger partial charge < -0.3 is 14.6 Å². The van der Waals surface area contributed by atoms with Crippen molar-refractivity contribution in [3.8, 4) is 5.75 Å². The first-order valence-electron chi connectivity index (χ1n) is 11.5. The molecule has 1 aliphatic heterocycles. The van der Waals surface area contributed by atoms with E-state index in [1.165, 1.54) is 44.2 Å². The lowest BCUT2D eigenvalue weighted by atomic mass is 9.86. The average Bonchev–Trinajstić information content (AvgIpc) is 2.77. The summed E-state index contributed by atoms with van der Waals surface area (Å²) < 4.78 is 78.1. The van der Waals surface area contributed by atoms with Gasteiger partial charge in [0.2, 0.25) is 5.60 Å². The number of anilines is 2. The number of benzene rings is 2. The maximum absolute atomic E-state index is 13.7. The molecule has 1 unspecified atom stereocenters. The van der Waals surface area contributed by atoms with Crippen molar-refractivity contribution in [2.24, 2.45) is 5.41 Å². The number of nitrogens with one attached hydrogen (secondary N) is 1. The highest BCUT2D eigenvalue weighted by atomic mass is 32.2. The van der Waals surface area contributed by atoms with Gasteiger partial charge in [-0.25, -0.2) is 13.2 Å². The second-order valence-electron chi connectivity index (χ2n) is 10.2. The predicted molar refractivity (Wildman–Crippen MR) is 133 cm³/mol. The Morgan fingerprint density at radius 2 is 1.71 bits per heavy atom. The molecule has 2 N–H and O–H groups in total. The van der Waals surface area contributed by atoms with E-state index in [1.54, 1.807) is 19.1 Å². The molecule has 13 heteroatoms. The zero-order valence-corrected chi connectivity index (χ0v) is 22.2. The fourth-order valence-corrected chi connectivity index (χ4v) is 5.15. The minimum atomic E-state index is -4.81. The molecule has 3 rings (SSSR count). The highest BCUT2D eigenvalue weighted by molar-refractivity contribution is 7.92. The SMILES string of the molecule is Cc1ccc(S(=O)(=O)N2CC(CC(C)(C)C(=O)O)Oc3ccc(NC(=O)OC(C)(C)C(F)(F)F)cc32)cc1. The summed E-state index contributed by atoms with van der Waals surface area (Å²) in [7, 11) is -4.18. The molecular weight excluding hydrogens is 529 g/mol. The molecule has 0 bridgehead atoms. The van der Waals surface area contributed by atoms with Gasteiger partial charge in [0, 0.05) is 12.1 Å². The molecule has 0 saturated heterocycles. The third-order valence-corrected chi connectivity index (χ3v) is 7.89. The number of rotatable bonds is 7. The van der Waals surface area contributed by atoms with Crippen LogP contribution in [0.25, 0.3) is 0 Å². The molecule has 2 aromatic carbocycles. The van der Waals surface area contributed by atoms with Crippen LogP contribution in [0.15, 0.2) is 47.4 Å². The van der Waals surface area contributed by atoms with E-state index in [1.807, 2.05) is 0 Å². The number of carboxylic acid groups (broad SMARTS) is 1. The number of nitrogens with zero attached hydrogens (tertiary/aromatic N) is 1. The zero-order chi connectivity index (χ0) is 28.7. The van der Waals surface area contributed by atoms with E-state index in [-0.39, 0.29) is 35.0 Å². The van der Waals surface area contributed by atoms with E-state index in [4.69, 9.17) is 4.74 Å². The number of hydrogen-bond donors (Lipinski definition) is 2. The Labute approximate surface area is 218 Å². The standard InChI is InChI=1S/C25H29F3N2O7S/c1-15-6-9-18(10-7-15)38(34,35)30-14-17(13-23(2,3)21(31)32)36-20-11-8-16(12-19(20)30)29-22(33)37-24(4,5)25(26,27)28/h6-12,17H,13-14H2,1-5H3,(H,29,33)(H,31,32). The summed E-state index contributed by atoms with van der Waals surface area (Å²) in [6.07, 6.45) is -7.05. The van der Waals surface area contributed by atoms with Crippen molar-refractivity contribution in [2.45, 2.75) is 63.8 Å². The van der Waals surface area contributed by atoms with Crippen LogP contribution in [0.5, 0.6) is 5.75 Å². The summed E-state index contributed by atoms with van der Waals surface area (Å²) in [6, 6.07) is 9.98. The Morgan fingerprint density at radius 3 is 2.26 bits per heavy atom. The number of aryl methyl sites for hydroxylation is 1. The maximum Gasteiger partial charge on any atom is 0.427 e. The topological polar surface area (TPSA) is 122 Å². The van der Waals surface area contributed by atoms with Crippen molar-refractivity contribution in [2.75, 3.05) is 16.2 Å². The molecule has 1 atom stereocenters. The highest BCUT2D eigenvalue weighted by Gasteiger charge is 2.51. The predicted octanol–water partition coefficient (Wildman–Crippen LogP) is 5.34. The van der Waals surface area contributed by atoms with E-state index in [2.05, 4.69) is 10.1 Å². The number of aliphatic carboxylic acids is 1. The summed E-state index contributed by atoms with van der Waals surface area (Å²) in [6.45, 7) is 5.93. The molecule has 0 spiro atoms. The van der Waals surface area contributed by atoms with Crippen LogP contribution in [0.2, 0.25) is 0 Å². The van der Waals surface area contributed by atoms with Gasteiger partial charge in [-0.3, -0.25) is 14.4 Å². The van der Waals surface area contributed by atoms with Gasteiger partial charge >= 0.3 is 18.2 Å². The lowest BCUT2D eigenvalue weighted by molar-refractivity contribution is -0.242. The molecular formula is C25H29F3N2O7S. The lowest BCUT2D eigenvalue weighted by Crippen LogP contribution is -2.46. The van der Waals surface area contributed by atoms with Crippen LogP contribution in [0, 0.1) is 12.3 Å². The Kier molecular flexibility index (Phi) is 7.66. The summed E-state index contributed by atoms with van der Waals surface area (Å²) in [5.74, 6) is -0.993. The second-order valence-corrected chi connectivity index (χ2v) is 12.0. The summed E-state index contributed by atoms with van der Waals surface area (Å²) in [5.41, 5.74) is -3.18. The monoisotopic (exact) mass is 558 g/mol. The molecule has 38 heavy (non-hydrogen) atoms. The Bertz CT molecular complexity index is 1320. The molecule has 1 amide bonds. The van der Waals surface area contributed by atoms with E-state index in [9.17, 15) is 36.3 Å². The number of carboxylic acids is 1. The van der Waals surface area contributed by atoms with Crippen LogP contribution in [-0.4, -0.2) is 50.0 Å². The summed E-state index contributed by atoms with van der Waals surface area (Å²) in [5, 5.41) is 11.7. The lowest BCUT2D eigenvalue weighted by Gasteiger charge is -2.37. The summed E-state index contributed by atoms with van der Waals surface area (Å²) in [4.78, 5) is 23.8. The number of halogens is 3. The molecule has 208 valence electrons. The fraction of sp³-hybridized carbons (Fsp3) is 0.440. The number of ether oxygens (including phenoxy) is 2. The van der Waals surface area contributed by atoms with Crippen molar-refractivity contribution >= 4 is 33.5 Å². The molecule has 1 heterocycles. The van der Waals surface area contributed by atoms with Crippen molar-refractivity contribution in [3.63, 3.8) is 0 Å². The molecule has 0 saturated carbocycles. The maximum atomic E-state index is 13.7. The number of carbonyl (C=O) groups is 2. The minimum Gasteiger partial charge on any atom is -0.486 e. The number of alkyl halides is 3. The molecule has 0 aromatic heterocycles. The van der Waals surface area contributed by atoms with Crippen LogP contribution in [0.1, 0.15) is 39.7 Å². The fourth-order valence-electron chi connectivity index (χ4n) is 3.65. The third kappa shape index (κ3) is 6.14. The number of sulfonamides is 1. The van der Waals surface area contributed by atoms with Gasteiger partial charge in [0.15, 0.2) is 0 Å². The number of fused-ring (bicyclic) bond motifs is 1. The molecule has 1 aliphatic rings. The van der Waals surface area contributed by atoms with Crippen LogP contribution in [0.3, 0.4) is 0 Å². The molecule has 0 radical (unpaired) electrons. The van der Waals surface area contributed by atoms with E-state index in [0.717, 1.165) is 9.87 Å². The third-order valence-electron chi connectivity index (χ3n) is 6.09. The van der Waals surface area contributed by atoms with Crippen LogP contribution < -0.4 is 14.4 Å². The zero-order valence-electron chi connectivity index (χ0n) is 21.4. The Balaban J connectivity index is 1.99. The second kappa shape index (κ2) is 10.0. The Hall–Kier alpha value is -3.48.